The maximum absolute atomic E-state index is 13.9. The minimum atomic E-state index is -4.07. The highest BCUT2D eigenvalue weighted by Crippen LogP contribution is 2.26. The molecule has 0 saturated heterocycles. The predicted molar refractivity (Wildman–Crippen MR) is 151 cm³/mol. The number of hydrogen-bond acceptors (Lipinski definition) is 4. The Hall–Kier alpha value is -3.65. The number of aryl methyl sites for hydroxylation is 3. The van der Waals surface area contributed by atoms with E-state index in [0.717, 1.165) is 33.0 Å². The van der Waals surface area contributed by atoms with E-state index in [1.54, 1.807) is 37.3 Å². The summed E-state index contributed by atoms with van der Waals surface area (Å²) in [4.78, 5) is 28.4. The number of sulfonamides is 1. The molecule has 0 spiro atoms. The van der Waals surface area contributed by atoms with Gasteiger partial charge in [0.05, 0.1) is 10.6 Å². The lowest BCUT2D eigenvalue weighted by Crippen LogP contribution is -2.51. The van der Waals surface area contributed by atoms with E-state index >= 15 is 0 Å². The minimum Gasteiger partial charge on any atom is -0.354 e. The Labute approximate surface area is 226 Å². The molecular weight excluding hydrogens is 498 g/mol. The standard InChI is InChI=1S/C30H37N3O4S/c1-6-16-31-30(35)25(5)32(20-26-14-12-22(2)13-15-26)29(34)21-33(27-18-23(3)17-24(4)19-27)38(36,37)28-10-8-7-9-11-28/h7-15,17-19,25H,6,16,20-21H2,1-5H3,(H,31,35)/t25-/m1/s1. The zero-order valence-corrected chi connectivity index (χ0v) is 23.6. The monoisotopic (exact) mass is 535 g/mol. The predicted octanol–water partition coefficient (Wildman–Crippen LogP) is 4.75. The maximum Gasteiger partial charge on any atom is 0.264 e. The van der Waals surface area contributed by atoms with Gasteiger partial charge in [0.1, 0.15) is 12.6 Å². The Balaban J connectivity index is 2.03. The third-order valence-electron chi connectivity index (χ3n) is 6.29. The second kappa shape index (κ2) is 12.7. The Bertz CT molecular complexity index is 1340. The number of carbonyl (C=O) groups excluding carboxylic acids is 2. The van der Waals surface area contributed by atoms with Crippen LogP contribution in [0.5, 0.6) is 0 Å². The van der Waals surface area contributed by atoms with E-state index in [4.69, 9.17) is 0 Å². The number of carbonyl (C=O) groups is 2. The van der Waals surface area contributed by atoms with Gasteiger partial charge in [-0.3, -0.25) is 13.9 Å². The Morgan fingerprint density at radius 2 is 1.47 bits per heavy atom. The number of hydrogen-bond donors (Lipinski definition) is 1. The van der Waals surface area contributed by atoms with Gasteiger partial charge in [-0.1, -0.05) is 61.0 Å². The van der Waals surface area contributed by atoms with Crippen LogP contribution in [0.15, 0.2) is 77.7 Å². The van der Waals surface area contributed by atoms with Crippen LogP contribution in [0.1, 0.15) is 42.5 Å². The van der Waals surface area contributed by atoms with Gasteiger partial charge in [0.15, 0.2) is 0 Å². The van der Waals surface area contributed by atoms with Crippen molar-refractivity contribution in [3.63, 3.8) is 0 Å². The normalized spacial score (nSPS) is 12.0. The number of anilines is 1. The molecule has 0 unspecified atom stereocenters. The molecule has 0 fully saturated rings. The van der Waals surface area contributed by atoms with Gasteiger partial charge in [-0.15, -0.1) is 0 Å². The molecule has 1 N–H and O–H groups in total. The van der Waals surface area contributed by atoms with Gasteiger partial charge in [-0.05, 0) is 75.1 Å². The molecule has 0 heterocycles. The van der Waals surface area contributed by atoms with Crippen molar-refractivity contribution >= 4 is 27.5 Å². The summed E-state index contributed by atoms with van der Waals surface area (Å²) < 4.78 is 28.8. The quantitative estimate of drug-likeness (QED) is 0.384. The van der Waals surface area contributed by atoms with Crippen molar-refractivity contribution < 1.29 is 18.0 Å². The SMILES string of the molecule is CCCNC(=O)[C@@H](C)N(Cc1ccc(C)cc1)C(=O)CN(c1cc(C)cc(C)c1)S(=O)(=O)c1ccccc1. The number of amides is 2. The first-order valence-electron chi connectivity index (χ1n) is 12.8. The van der Waals surface area contributed by atoms with Gasteiger partial charge in [0.25, 0.3) is 10.0 Å². The zero-order valence-electron chi connectivity index (χ0n) is 22.8. The van der Waals surface area contributed by atoms with Crippen LogP contribution >= 0.6 is 0 Å². The fourth-order valence-electron chi connectivity index (χ4n) is 4.21. The van der Waals surface area contributed by atoms with Crippen LogP contribution < -0.4 is 9.62 Å². The molecule has 0 saturated carbocycles. The van der Waals surface area contributed by atoms with E-state index in [9.17, 15) is 18.0 Å². The largest absolute Gasteiger partial charge is 0.354 e. The summed E-state index contributed by atoms with van der Waals surface area (Å²) in [6, 6.07) is 20.4. The van der Waals surface area contributed by atoms with Crippen molar-refractivity contribution in [1.82, 2.24) is 10.2 Å². The highest BCUT2D eigenvalue weighted by Gasteiger charge is 2.32. The van der Waals surface area contributed by atoms with Crippen LogP contribution in [0.2, 0.25) is 0 Å². The molecule has 3 aromatic carbocycles. The molecule has 202 valence electrons. The molecule has 3 rings (SSSR count). The van der Waals surface area contributed by atoms with Gasteiger partial charge < -0.3 is 10.2 Å². The lowest BCUT2D eigenvalue weighted by Gasteiger charge is -2.32. The van der Waals surface area contributed by atoms with Crippen molar-refractivity contribution in [3.05, 3.63) is 95.1 Å². The van der Waals surface area contributed by atoms with Crippen molar-refractivity contribution in [1.29, 1.82) is 0 Å². The second-order valence-electron chi connectivity index (χ2n) is 9.64. The molecular formula is C30H37N3O4S. The van der Waals surface area contributed by atoms with Crippen molar-refractivity contribution in [2.45, 2.75) is 58.5 Å². The number of benzene rings is 3. The highest BCUT2D eigenvalue weighted by molar-refractivity contribution is 7.92. The summed E-state index contributed by atoms with van der Waals surface area (Å²) in [7, 11) is -4.07. The molecule has 0 aromatic heterocycles. The molecule has 38 heavy (non-hydrogen) atoms. The van der Waals surface area contributed by atoms with Gasteiger partial charge >= 0.3 is 0 Å². The number of rotatable bonds is 11. The Morgan fingerprint density at radius 3 is 2.05 bits per heavy atom. The summed E-state index contributed by atoms with van der Waals surface area (Å²) in [6.45, 7) is 9.59. The molecule has 1 atom stereocenters. The lowest BCUT2D eigenvalue weighted by molar-refractivity contribution is -0.139. The van der Waals surface area contributed by atoms with E-state index in [2.05, 4.69) is 5.32 Å². The van der Waals surface area contributed by atoms with Crippen LogP contribution in [0.4, 0.5) is 5.69 Å². The van der Waals surface area contributed by atoms with Crippen LogP contribution in [-0.2, 0) is 26.2 Å². The van der Waals surface area contributed by atoms with E-state index < -0.39 is 28.5 Å². The van der Waals surface area contributed by atoms with Crippen molar-refractivity contribution in [2.24, 2.45) is 0 Å². The summed E-state index contributed by atoms with van der Waals surface area (Å²) in [6.07, 6.45) is 0.764. The van der Waals surface area contributed by atoms with Gasteiger partial charge in [-0.25, -0.2) is 8.42 Å². The number of nitrogens with one attached hydrogen (secondary N) is 1. The van der Waals surface area contributed by atoms with E-state index in [1.807, 2.05) is 58.0 Å². The zero-order chi connectivity index (χ0) is 27.9. The van der Waals surface area contributed by atoms with Gasteiger partial charge in [-0.2, -0.15) is 0 Å². The van der Waals surface area contributed by atoms with E-state index in [-0.39, 0.29) is 17.3 Å². The van der Waals surface area contributed by atoms with Gasteiger partial charge in [0.2, 0.25) is 11.8 Å². The van der Waals surface area contributed by atoms with Crippen LogP contribution in [0.3, 0.4) is 0 Å². The molecule has 0 aliphatic carbocycles. The Morgan fingerprint density at radius 1 is 0.868 bits per heavy atom. The molecule has 0 radical (unpaired) electrons. The molecule has 0 aliphatic rings. The maximum atomic E-state index is 13.9. The summed E-state index contributed by atoms with van der Waals surface area (Å²) >= 11 is 0. The van der Waals surface area contributed by atoms with Crippen LogP contribution in [0, 0.1) is 20.8 Å². The van der Waals surface area contributed by atoms with Gasteiger partial charge in [0, 0.05) is 13.1 Å². The fraction of sp³-hybridized carbons (Fsp3) is 0.333. The molecule has 3 aromatic rings. The Kier molecular flexibility index (Phi) is 9.69. The average molecular weight is 536 g/mol. The molecule has 8 heteroatoms. The summed E-state index contributed by atoms with van der Waals surface area (Å²) in [5, 5.41) is 2.85. The second-order valence-corrected chi connectivity index (χ2v) is 11.5. The minimum absolute atomic E-state index is 0.0887. The smallest absolute Gasteiger partial charge is 0.264 e. The fourth-order valence-corrected chi connectivity index (χ4v) is 5.63. The molecule has 0 bridgehead atoms. The highest BCUT2D eigenvalue weighted by atomic mass is 32.2. The molecule has 7 nitrogen and oxygen atoms in total. The molecule has 0 aliphatic heterocycles. The number of nitrogens with zero attached hydrogens (tertiary/aromatic N) is 2. The third-order valence-corrected chi connectivity index (χ3v) is 8.08. The first-order valence-corrected chi connectivity index (χ1v) is 14.3. The first-order chi connectivity index (χ1) is 18.0. The van der Waals surface area contributed by atoms with Crippen LogP contribution in [-0.4, -0.2) is 44.3 Å². The lowest BCUT2D eigenvalue weighted by atomic mass is 10.1. The summed E-state index contributed by atoms with van der Waals surface area (Å²) in [5.41, 5.74) is 4.09. The molecule has 2 amide bonds. The van der Waals surface area contributed by atoms with E-state index in [1.165, 1.54) is 17.0 Å². The van der Waals surface area contributed by atoms with E-state index in [0.29, 0.717) is 12.2 Å². The van der Waals surface area contributed by atoms with Crippen LogP contribution in [0.25, 0.3) is 0 Å². The van der Waals surface area contributed by atoms with Crippen molar-refractivity contribution in [3.8, 4) is 0 Å². The average Bonchev–Trinajstić information content (AvgIpc) is 2.89. The summed E-state index contributed by atoms with van der Waals surface area (Å²) in [5.74, 6) is -0.750. The first kappa shape index (κ1) is 28.9. The topological polar surface area (TPSA) is 86.8 Å². The van der Waals surface area contributed by atoms with Crippen molar-refractivity contribution in [2.75, 3.05) is 17.4 Å². The third kappa shape index (κ3) is 7.22.